The SMILES string of the molecule is CCOC(=O)C(C=NCc1cc(Cl)ccc1Cl)=C(C)O. The highest BCUT2D eigenvalue weighted by Crippen LogP contribution is 2.21. The van der Waals surface area contributed by atoms with Gasteiger partial charge in [-0.15, -0.1) is 0 Å². The maximum absolute atomic E-state index is 11.6. The van der Waals surface area contributed by atoms with Gasteiger partial charge in [-0.05, 0) is 37.6 Å². The third-order valence-electron chi connectivity index (χ3n) is 2.37. The largest absolute Gasteiger partial charge is 0.512 e. The quantitative estimate of drug-likeness (QED) is 0.387. The fourth-order valence-electron chi connectivity index (χ4n) is 1.40. The van der Waals surface area contributed by atoms with E-state index in [2.05, 4.69) is 4.99 Å². The van der Waals surface area contributed by atoms with Crippen LogP contribution in [0.2, 0.25) is 10.0 Å². The molecule has 0 saturated heterocycles. The van der Waals surface area contributed by atoms with Crippen molar-refractivity contribution < 1.29 is 14.6 Å². The Bertz CT molecular complexity index is 549. The van der Waals surface area contributed by atoms with E-state index in [1.807, 2.05) is 0 Å². The zero-order chi connectivity index (χ0) is 15.1. The van der Waals surface area contributed by atoms with E-state index in [-0.39, 0.29) is 24.5 Å². The van der Waals surface area contributed by atoms with E-state index >= 15 is 0 Å². The minimum Gasteiger partial charge on any atom is -0.512 e. The van der Waals surface area contributed by atoms with Crippen LogP contribution in [0.4, 0.5) is 0 Å². The summed E-state index contributed by atoms with van der Waals surface area (Å²) in [7, 11) is 0. The van der Waals surface area contributed by atoms with Gasteiger partial charge in [0.15, 0.2) is 0 Å². The van der Waals surface area contributed by atoms with Crippen molar-refractivity contribution >= 4 is 35.4 Å². The number of rotatable bonds is 5. The average molecular weight is 316 g/mol. The van der Waals surface area contributed by atoms with Crippen LogP contribution in [-0.2, 0) is 16.1 Å². The Morgan fingerprint density at radius 3 is 2.75 bits per heavy atom. The summed E-state index contributed by atoms with van der Waals surface area (Å²) in [6.45, 7) is 3.55. The van der Waals surface area contributed by atoms with E-state index in [4.69, 9.17) is 27.9 Å². The van der Waals surface area contributed by atoms with Crippen LogP contribution in [0.3, 0.4) is 0 Å². The van der Waals surface area contributed by atoms with E-state index < -0.39 is 5.97 Å². The van der Waals surface area contributed by atoms with Crippen LogP contribution >= 0.6 is 23.2 Å². The molecule has 0 saturated carbocycles. The number of aliphatic hydroxyl groups excluding tert-OH is 1. The van der Waals surface area contributed by atoms with Gasteiger partial charge in [0.05, 0.1) is 13.2 Å². The maximum atomic E-state index is 11.6. The molecule has 0 radical (unpaired) electrons. The normalized spacial score (nSPS) is 12.4. The van der Waals surface area contributed by atoms with Crippen LogP contribution in [0.5, 0.6) is 0 Å². The van der Waals surface area contributed by atoms with Gasteiger partial charge in [0.25, 0.3) is 0 Å². The van der Waals surface area contributed by atoms with E-state index in [1.54, 1.807) is 25.1 Å². The summed E-state index contributed by atoms with van der Waals surface area (Å²) in [4.78, 5) is 15.7. The molecule has 0 amide bonds. The Balaban J connectivity index is 2.83. The smallest absolute Gasteiger partial charge is 0.343 e. The molecule has 4 nitrogen and oxygen atoms in total. The number of aliphatic imine (C=N–C) groups is 1. The minimum atomic E-state index is -0.617. The van der Waals surface area contributed by atoms with Crippen molar-refractivity contribution in [2.75, 3.05) is 6.61 Å². The van der Waals surface area contributed by atoms with Crippen molar-refractivity contribution in [2.45, 2.75) is 20.4 Å². The molecule has 0 aromatic heterocycles. The highest BCUT2D eigenvalue weighted by molar-refractivity contribution is 6.33. The number of benzene rings is 1. The lowest BCUT2D eigenvalue weighted by Gasteiger charge is -2.04. The zero-order valence-electron chi connectivity index (χ0n) is 11.2. The summed E-state index contributed by atoms with van der Waals surface area (Å²) in [6, 6.07) is 5.05. The van der Waals surface area contributed by atoms with Gasteiger partial charge in [-0.1, -0.05) is 23.2 Å². The van der Waals surface area contributed by atoms with Crippen molar-refractivity contribution in [3.8, 4) is 0 Å². The van der Waals surface area contributed by atoms with Crippen molar-refractivity contribution in [3.63, 3.8) is 0 Å². The number of allylic oxidation sites excluding steroid dienone is 1. The van der Waals surface area contributed by atoms with Gasteiger partial charge in [0.1, 0.15) is 11.3 Å². The molecule has 20 heavy (non-hydrogen) atoms. The number of carbonyl (C=O) groups excluding carboxylic acids is 1. The molecule has 0 spiro atoms. The molecule has 108 valence electrons. The van der Waals surface area contributed by atoms with Gasteiger partial charge in [-0.2, -0.15) is 0 Å². The molecule has 0 heterocycles. The summed E-state index contributed by atoms with van der Waals surface area (Å²) in [5.41, 5.74) is 0.749. The fraction of sp³-hybridized carbons (Fsp3) is 0.286. The summed E-state index contributed by atoms with van der Waals surface area (Å²) >= 11 is 11.9. The lowest BCUT2D eigenvalue weighted by Crippen LogP contribution is -2.10. The summed E-state index contributed by atoms with van der Waals surface area (Å²) in [5.74, 6) is -0.766. The van der Waals surface area contributed by atoms with Crippen LogP contribution < -0.4 is 0 Å². The Hall–Kier alpha value is -1.52. The first-order chi connectivity index (χ1) is 9.45. The molecular formula is C14H15Cl2NO3. The van der Waals surface area contributed by atoms with E-state index in [1.165, 1.54) is 13.1 Å². The number of carbonyl (C=O) groups is 1. The van der Waals surface area contributed by atoms with Crippen molar-refractivity contribution in [2.24, 2.45) is 4.99 Å². The summed E-state index contributed by atoms with van der Waals surface area (Å²) in [5, 5.41) is 10.5. The number of hydrogen-bond donors (Lipinski definition) is 1. The first-order valence-corrected chi connectivity index (χ1v) is 6.72. The molecule has 0 aliphatic heterocycles. The number of aliphatic hydroxyl groups is 1. The van der Waals surface area contributed by atoms with Gasteiger partial charge in [-0.3, -0.25) is 4.99 Å². The van der Waals surface area contributed by atoms with Crippen LogP contribution in [0.15, 0.2) is 34.5 Å². The van der Waals surface area contributed by atoms with Crippen molar-refractivity contribution in [3.05, 3.63) is 45.1 Å². The number of nitrogens with zero attached hydrogens (tertiary/aromatic N) is 1. The monoisotopic (exact) mass is 315 g/mol. The van der Waals surface area contributed by atoms with Gasteiger partial charge >= 0.3 is 5.97 Å². The number of ether oxygens (including phenoxy) is 1. The molecule has 0 fully saturated rings. The van der Waals surface area contributed by atoms with Crippen LogP contribution in [0.1, 0.15) is 19.4 Å². The van der Waals surface area contributed by atoms with E-state index in [0.29, 0.717) is 10.0 Å². The number of halogens is 2. The van der Waals surface area contributed by atoms with Gasteiger partial charge in [-0.25, -0.2) is 4.79 Å². The number of hydrogen-bond acceptors (Lipinski definition) is 4. The molecular weight excluding hydrogens is 301 g/mol. The first kappa shape index (κ1) is 16.5. The highest BCUT2D eigenvalue weighted by Gasteiger charge is 2.11. The maximum Gasteiger partial charge on any atom is 0.343 e. The predicted molar refractivity (Wildman–Crippen MR) is 80.6 cm³/mol. The highest BCUT2D eigenvalue weighted by atomic mass is 35.5. The van der Waals surface area contributed by atoms with Crippen molar-refractivity contribution in [1.82, 2.24) is 0 Å². The molecule has 0 aliphatic rings. The molecule has 0 bridgehead atoms. The third kappa shape index (κ3) is 4.87. The Morgan fingerprint density at radius 1 is 1.45 bits per heavy atom. The summed E-state index contributed by atoms with van der Waals surface area (Å²) < 4.78 is 4.82. The molecule has 6 heteroatoms. The second-order valence-corrected chi connectivity index (χ2v) is 4.77. The standard InChI is InChI=1S/C14H15Cl2NO3/c1-3-20-14(19)12(9(2)18)8-17-7-10-6-11(15)4-5-13(10)16/h4-6,8,18H,3,7H2,1-2H3. The average Bonchev–Trinajstić information content (AvgIpc) is 2.38. The molecule has 0 atom stereocenters. The minimum absolute atomic E-state index is 0.0185. The van der Waals surface area contributed by atoms with Crippen LogP contribution in [0, 0.1) is 0 Å². The van der Waals surface area contributed by atoms with Crippen LogP contribution in [0.25, 0.3) is 0 Å². The van der Waals surface area contributed by atoms with Gasteiger partial charge in [0.2, 0.25) is 0 Å². The van der Waals surface area contributed by atoms with E-state index in [0.717, 1.165) is 5.56 Å². The second-order valence-electron chi connectivity index (χ2n) is 3.93. The molecule has 0 aliphatic carbocycles. The molecule has 1 aromatic rings. The topological polar surface area (TPSA) is 58.9 Å². The third-order valence-corrected chi connectivity index (χ3v) is 2.98. The fourth-order valence-corrected chi connectivity index (χ4v) is 1.77. The Kier molecular flexibility index (Phi) is 6.55. The molecule has 0 unspecified atom stereocenters. The first-order valence-electron chi connectivity index (χ1n) is 5.96. The van der Waals surface area contributed by atoms with Crippen molar-refractivity contribution in [1.29, 1.82) is 0 Å². The second kappa shape index (κ2) is 7.92. The predicted octanol–water partition coefficient (Wildman–Crippen LogP) is 3.96. The lowest BCUT2D eigenvalue weighted by atomic mass is 10.2. The Morgan fingerprint density at radius 2 is 2.15 bits per heavy atom. The lowest BCUT2D eigenvalue weighted by molar-refractivity contribution is -0.138. The molecule has 1 aromatic carbocycles. The van der Waals surface area contributed by atoms with Gasteiger partial charge in [0, 0.05) is 16.3 Å². The molecule has 1 N–H and O–H groups in total. The summed E-state index contributed by atoms with van der Waals surface area (Å²) in [6.07, 6.45) is 1.27. The number of esters is 1. The van der Waals surface area contributed by atoms with E-state index in [9.17, 15) is 9.90 Å². The van der Waals surface area contributed by atoms with Gasteiger partial charge < -0.3 is 9.84 Å². The van der Waals surface area contributed by atoms with Crippen LogP contribution in [-0.4, -0.2) is 23.9 Å². The zero-order valence-corrected chi connectivity index (χ0v) is 12.7. The Labute approximate surface area is 127 Å². The molecule has 1 rings (SSSR count).